The molecule has 0 atom stereocenters. The van der Waals surface area contributed by atoms with Crippen LogP contribution in [0.3, 0.4) is 0 Å². The number of unbranched alkanes of at least 4 members (excludes halogenated alkanes) is 1. The Kier molecular flexibility index (Phi) is 6.83. The topological polar surface area (TPSA) is 116 Å². The van der Waals surface area contributed by atoms with Gasteiger partial charge in [0.25, 0.3) is 0 Å². The monoisotopic (exact) mass is 324 g/mol. The van der Waals surface area contributed by atoms with Crippen LogP contribution in [0.25, 0.3) is 20.9 Å². The summed E-state index contributed by atoms with van der Waals surface area (Å²) in [7, 11) is 0. The Balaban J connectivity index is 1.62. The minimum Gasteiger partial charge on any atom is -0.494 e. The fourth-order valence-corrected chi connectivity index (χ4v) is 1.91. The molecule has 0 spiro atoms. The zero-order chi connectivity index (χ0) is 17.0. The lowest BCUT2D eigenvalue weighted by atomic mass is 10.3. The first kappa shape index (κ1) is 17.0. The van der Waals surface area contributed by atoms with Gasteiger partial charge in [0.15, 0.2) is 0 Å². The second kappa shape index (κ2) is 9.63. The van der Waals surface area contributed by atoms with Crippen molar-refractivity contribution in [3.8, 4) is 11.5 Å². The fourth-order valence-electron chi connectivity index (χ4n) is 1.91. The van der Waals surface area contributed by atoms with Crippen LogP contribution in [0, 0.1) is 0 Å². The molecule has 24 heavy (non-hydrogen) atoms. The standard InChI is InChI=1S/C16H16N6O2/c17-21-19-13-3-7-15(8-4-13)23-11-1-2-12-24-16-9-5-14(6-10-16)20-22-18/h3-10H,1-2,11-12H2. The van der Waals surface area contributed by atoms with Crippen LogP contribution in [0.5, 0.6) is 11.5 Å². The van der Waals surface area contributed by atoms with Crippen molar-refractivity contribution in [1.29, 1.82) is 0 Å². The number of ether oxygens (including phenoxy) is 2. The van der Waals surface area contributed by atoms with Crippen LogP contribution in [-0.4, -0.2) is 13.2 Å². The predicted molar refractivity (Wildman–Crippen MR) is 90.7 cm³/mol. The lowest BCUT2D eigenvalue weighted by Crippen LogP contribution is -2.02. The Hall–Kier alpha value is -3.34. The Morgan fingerprint density at radius 1 is 0.667 bits per heavy atom. The maximum Gasteiger partial charge on any atom is 0.119 e. The highest BCUT2D eigenvalue weighted by atomic mass is 16.5. The third-order valence-electron chi connectivity index (χ3n) is 3.07. The largest absolute Gasteiger partial charge is 0.494 e. The van der Waals surface area contributed by atoms with Crippen molar-refractivity contribution in [2.45, 2.75) is 12.8 Å². The summed E-state index contributed by atoms with van der Waals surface area (Å²) in [6, 6.07) is 13.9. The lowest BCUT2D eigenvalue weighted by molar-refractivity contribution is 0.266. The van der Waals surface area contributed by atoms with E-state index >= 15 is 0 Å². The van der Waals surface area contributed by atoms with Crippen LogP contribution in [0.2, 0.25) is 0 Å². The number of nitrogens with zero attached hydrogens (tertiary/aromatic N) is 6. The summed E-state index contributed by atoms with van der Waals surface area (Å²) in [4.78, 5) is 5.44. The van der Waals surface area contributed by atoms with Gasteiger partial charge in [0, 0.05) is 21.2 Å². The molecule has 0 aliphatic carbocycles. The van der Waals surface area contributed by atoms with Crippen LogP contribution < -0.4 is 9.47 Å². The molecule has 0 aromatic heterocycles. The summed E-state index contributed by atoms with van der Waals surface area (Å²) in [5, 5.41) is 7.00. The molecule has 2 aromatic carbocycles. The summed E-state index contributed by atoms with van der Waals surface area (Å²) >= 11 is 0. The molecule has 8 heteroatoms. The molecule has 0 aliphatic rings. The van der Waals surface area contributed by atoms with Crippen LogP contribution in [0.4, 0.5) is 11.4 Å². The Morgan fingerprint density at radius 2 is 1.04 bits per heavy atom. The summed E-state index contributed by atoms with van der Waals surface area (Å²) in [6.45, 7) is 1.17. The zero-order valence-corrected chi connectivity index (χ0v) is 12.9. The Morgan fingerprint density at radius 3 is 1.38 bits per heavy atom. The van der Waals surface area contributed by atoms with E-state index in [9.17, 15) is 0 Å². The molecule has 0 fully saturated rings. The molecule has 0 bridgehead atoms. The molecule has 0 unspecified atom stereocenters. The maximum atomic E-state index is 8.33. The van der Waals surface area contributed by atoms with E-state index in [1.165, 1.54) is 0 Å². The molecule has 0 amide bonds. The molecule has 0 saturated heterocycles. The van der Waals surface area contributed by atoms with Crippen molar-refractivity contribution in [2.75, 3.05) is 13.2 Å². The minimum absolute atomic E-state index is 0.560. The van der Waals surface area contributed by atoms with Crippen LogP contribution in [0.1, 0.15) is 12.8 Å². The molecule has 0 aliphatic heterocycles. The normalized spacial score (nSPS) is 9.50. The number of azide groups is 2. The smallest absolute Gasteiger partial charge is 0.119 e. The number of hydrogen-bond acceptors (Lipinski definition) is 4. The van der Waals surface area contributed by atoms with E-state index in [-0.39, 0.29) is 0 Å². The third-order valence-corrected chi connectivity index (χ3v) is 3.07. The Bertz CT molecular complexity index is 667. The number of rotatable bonds is 9. The van der Waals surface area contributed by atoms with Crippen molar-refractivity contribution < 1.29 is 9.47 Å². The van der Waals surface area contributed by atoms with Gasteiger partial charge in [-0.25, -0.2) is 0 Å². The van der Waals surface area contributed by atoms with E-state index < -0.39 is 0 Å². The molecule has 8 nitrogen and oxygen atoms in total. The number of hydrogen-bond donors (Lipinski definition) is 0. The van der Waals surface area contributed by atoms with E-state index in [1.807, 2.05) is 0 Å². The number of benzene rings is 2. The summed E-state index contributed by atoms with van der Waals surface area (Å²) < 4.78 is 11.2. The quantitative estimate of drug-likeness (QED) is 0.250. The van der Waals surface area contributed by atoms with Crippen LogP contribution in [0.15, 0.2) is 58.8 Å². The fraction of sp³-hybridized carbons (Fsp3) is 0.250. The van der Waals surface area contributed by atoms with Crippen molar-refractivity contribution in [3.05, 3.63) is 69.4 Å². The van der Waals surface area contributed by atoms with Gasteiger partial charge in [0.05, 0.1) is 13.2 Å². The molecular weight excluding hydrogens is 308 g/mol. The molecule has 2 rings (SSSR count). The maximum absolute atomic E-state index is 8.33. The Labute approximate surface area is 138 Å². The van der Waals surface area contributed by atoms with Gasteiger partial charge in [0.1, 0.15) is 11.5 Å². The highest BCUT2D eigenvalue weighted by molar-refractivity contribution is 5.41. The molecule has 122 valence electrons. The van der Waals surface area contributed by atoms with Gasteiger partial charge in [-0.3, -0.25) is 0 Å². The highest BCUT2D eigenvalue weighted by Crippen LogP contribution is 2.19. The summed E-state index contributed by atoms with van der Waals surface area (Å²) in [6.07, 6.45) is 1.71. The molecular formula is C16H16N6O2. The van der Waals surface area contributed by atoms with Crippen LogP contribution in [-0.2, 0) is 0 Å². The molecule has 0 radical (unpaired) electrons. The minimum atomic E-state index is 0.560. The van der Waals surface area contributed by atoms with Gasteiger partial charge in [-0.2, -0.15) is 0 Å². The van der Waals surface area contributed by atoms with E-state index in [4.69, 9.17) is 20.5 Å². The first-order valence-electron chi connectivity index (χ1n) is 7.38. The molecule has 0 heterocycles. The molecule has 0 N–H and O–H groups in total. The molecule has 0 saturated carbocycles. The van der Waals surface area contributed by atoms with Crippen molar-refractivity contribution >= 4 is 11.4 Å². The SMILES string of the molecule is [N-]=[N+]=Nc1ccc(OCCCCOc2ccc(N=[N+]=[N-])cc2)cc1. The first-order chi connectivity index (χ1) is 11.8. The van der Waals surface area contributed by atoms with Gasteiger partial charge < -0.3 is 9.47 Å². The van der Waals surface area contributed by atoms with Gasteiger partial charge >= 0.3 is 0 Å². The highest BCUT2D eigenvalue weighted by Gasteiger charge is 1.97. The van der Waals surface area contributed by atoms with Gasteiger partial charge in [-0.1, -0.05) is 10.2 Å². The lowest BCUT2D eigenvalue weighted by Gasteiger charge is -2.08. The zero-order valence-electron chi connectivity index (χ0n) is 12.9. The second-order valence-electron chi connectivity index (χ2n) is 4.77. The van der Waals surface area contributed by atoms with Gasteiger partial charge in [-0.05, 0) is 72.4 Å². The van der Waals surface area contributed by atoms with Gasteiger partial charge in [0.2, 0.25) is 0 Å². The van der Waals surface area contributed by atoms with Crippen molar-refractivity contribution in [2.24, 2.45) is 10.2 Å². The van der Waals surface area contributed by atoms with Gasteiger partial charge in [-0.15, -0.1) is 0 Å². The average molecular weight is 324 g/mol. The van der Waals surface area contributed by atoms with E-state index in [0.29, 0.717) is 24.6 Å². The predicted octanol–water partition coefficient (Wildman–Crippen LogP) is 5.81. The summed E-state index contributed by atoms with van der Waals surface area (Å²) in [5.74, 6) is 1.47. The van der Waals surface area contributed by atoms with Crippen molar-refractivity contribution in [3.63, 3.8) is 0 Å². The van der Waals surface area contributed by atoms with Crippen LogP contribution >= 0.6 is 0 Å². The third kappa shape index (κ3) is 5.81. The van der Waals surface area contributed by atoms with E-state index in [0.717, 1.165) is 24.3 Å². The summed E-state index contributed by atoms with van der Waals surface area (Å²) in [5.41, 5.74) is 17.8. The first-order valence-corrected chi connectivity index (χ1v) is 7.38. The second-order valence-corrected chi connectivity index (χ2v) is 4.77. The van der Waals surface area contributed by atoms with Crippen molar-refractivity contribution in [1.82, 2.24) is 0 Å². The molecule has 2 aromatic rings. The van der Waals surface area contributed by atoms with E-state index in [2.05, 4.69) is 20.1 Å². The average Bonchev–Trinajstić information content (AvgIpc) is 2.61. The van der Waals surface area contributed by atoms with E-state index in [1.54, 1.807) is 48.5 Å².